The summed E-state index contributed by atoms with van der Waals surface area (Å²) in [5, 5.41) is 0. The van der Waals surface area contributed by atoms with Gasteiger partial charge in [0.2, 0.25) is 0 Å². The molecule has 0 N–H and O–H groups in total. The molecule has 28 heavy (non-hydrogen) atoms. The topological polar surface area (TPSA) is 0 Å². The first-order valence-electron chi connectivity index (χ1n) is 8.22. The molecule has 2 aliphatic rings. The van der Waals surface area contributed by atoms with Crippen LogP contribution in [0.15, 0.2) is 60.8 Å². The molecule has 0 unspecified atom stereocenters. The van der Waals surface area contributed by atoms with Gasteiger partial charge in [0.25, 0.3) is 0 Å². The molecule has 0 saturated heterocycles. The maximum Gasteiger partial charge on any atom is 0 e. The van der Waals surface area contributed by atoms with Gasteiger partial charge in [-0.05, 0) is 12.8 Å². The van der Waals surface area contributed by atoms with Gasteiger partial charge in [0.05, 0.1) is 0 Å². The first-order valence-corrected chi connectivity index (χ1v) is 8.22. The van der Waals surface area contributed by atoms with Gasteiger partial charge in [-0.15, -0.1) is 0 Å². The van der Waals surface area contributed by atoms with E-state index in [9.17, 15) is 0 Å². The maximum absolute atomic E-state index is 3.78. The van der Waals surface area contributed by atoms with E-state index in [4.69, 9.17) is 0 Å². The molecule has 0 heterocycles. The van der Waals surface area contributed by atoms with Gasteiger partial charge in [-0.1, -0.05) is 110 Å². The maximum atomic E-state index is 3.78. The van der Waals surface area contributed by atoms with E-state index in [1.165, 1.54) is 5.57 Å². The van der Waals surface area contributed by atoms with E-state index in [1.54, 1.807) is 0 Å². The average Bonchev–Trinajstić information content (AvgIpc) is 3.14. The number of hydrogen-bond donors (Lipinski definition) is 0. The Hall–Kier alpha value is 4.22. The predicted octanol–water partition coefficient (Wildman–Crippen LogP) is 8.76. The molecule has 0 aliphatic heterocycles. The Bertz CT molecular complexity index is 271. The standard InChI is InChI=1S/C7H8.C5H6.C3H6.3C2H6.CH4.CH3.5Y/c1-7-5-3-2-4-6-7;1-2-4-5-3-1;1-3-2;3*1-2;;;;;;;/h2-5H,1,6H2;1-4H,5H2;1-3H2;3*1-2H3;1H4;1H3;;;;;/q;;-2;;;;;-1;;;;;. The van der Waals surface area contributed by atoms with Crippen molar-refractivity contribution in [2.24, 2.45) is 0 Å². The Morgan fingerprint density at radius 3 is 1.11 bits per heavy atom. The molecular weight excluding hydrogens is 721 g/mol. The van der Waals surface area contributed by atoms with E-state index in [-0.39, 0.29) is 178 Å². The predicted molar refractivity (Wildman–Crippen MR) is 117 cm³/mol. The van der Waals surface area contributed by atoms with Crippen LogP contribution in [-0.2, 0) is 164 Å². The zero-order chi connectivity index (χ0) is 17.4. The summed E-state index contributed by atoms with van der Waals surface area (Å²) in [6.45, 7) is 22.5. The van der Waals surface area contributed by atoms with Gasteiger partial charge < -0.3 is 27.7 Å². The molecule has 5 heteroatoms. The van der Waals surface area contributed by atoms with E-state index >= 15 is 0 Å². The molecule has 0 atom stereocenters. The molecule has 0 aromatic rings. The zero-order valence-corrected chi connectivity index (χ0v) is 33.4. The molecule has 5 radical (unpaired) electrons. The van der Waals surface area contributed by atoms with Gasteiger partial charge in [0, 0.05) is 164 Å². The first kappa shape index (κ1) is 69.7. The van der Waals surface area contributed by atoms with Crippen LogP contribution in [0, 0.1) is 21.3 Å². The van der Waals surface area contributed by atoms with E-state index in [2.05, 4.69) is 50.8 Å². The van der Waals surface area contributed by atoms with Crippen molar-refractivity contribution in [3.63, 3.8) is 0 Å². The smallest absolute Gasteiger partial charge is 0 e. The molecule has 0 aromatic heterocycles. The van der Waals surface area contributed by atoms with Crippen LogP contribution in [0.25, 0.3) is 0 Å². The van der Waals surface area contributed by atoms with E-state index in [1.807, 2.05) is 59.8 Å². The molecule has 0 aromatic carbocycles. The molecule has 2 aliphatic carbocycles. The molecule has 0 spiro atoms. The molecule has 0 bridgehead atoms. The minimum Gasteiger partial charge on any atom is -0.372 e. The van der Waals surface area contributed by atoms with Gasteiger partial charge in [-0.3, -0.25) is 0 Å². The summed E-state index contributed by atoms with van der Waals surface area (Å²) in [5.41, 5.74) is 1.20. The molecule has 0 amide bonds. The summed E-state index contributed by atoms with van der Waals surface area (Å²) in [6, 6.07) is 0. The van der Waals surface area contributed by atoms with Crippen molar-refractivity contribution in [3.05, 3.63) is 82.0 Å². The van der Waals surface area contributed by atoms with Crippen molar-refractivity contribution in [1.82, 2.24) is 0 Å². The van der Waals surface area contributed by atoms with E-state index in [0.29, 0.717) is 0 Å². The van der Waals surface area contributed by atoms with Crippen LogP contribution < -0.4 is 0 Å². The summed E-state index contributed by atoms with van der Waals surface area (Å²) < 4.78 is 0. The van der Waals surface area contributed by atoms with Crippen LogP contribution in [0.3, 0.4) is 0 Å². The molecule has 155 valence electrons. The molecule has 0 saturated carbocycles. The van der Waals surface area contributed by atoms with Crippen LogP contribution in [0.5, 0.6) is 0 Å². The van der Waals surface area contributed by atoms with Crippen LogP contribution in [-0.4, -0.2) is 0 Å². The average molecular weight is 766 g/mol. The molecule has 0 nitrogen and oxygen atoms in total. The quantitative estimate of drug-likeness (QED) is 0.217. The van der Waals surface area contributed by atoms with Gasteiger partial charge in [-0.25, -0.2) is 0 Å². The van der Waals surface area contributed by atoms with Gasteiger partial charge in [0.1, 0.15) is 0 Å². The second-order valence-corrected chi connectivity index (χ2v) is 3.10. The first-order chi connectivity index (χ1) is 10.3. The van der Waals surface area contributed by atoms with E-state index in [0.717, 1.165) is 19.3 Å². The van der Waals surface area contributed by atoms with Gasteiger partial charge in [0.15, 0.2) is 0 Å². The van der Waals surface area contributed by atoms with Crippen molar-refractivity contribution in [1.29, 1.82) is 0 Å². The van der Waals surface area contributed by atoms with E-state index < -0.39 is 0 Å². The number of hydrogen-bond acceptors (Lipinski definition) is 0. The minimum absolute atomic E-state index is 0. The second-order valence-electron chi connectivity index (χ2n) is 3.10. The molecule has 0 fully saturated rings. The molecule has 2 rings (SSSR count). The fraction of sp³-hybridized carbons (Fsp3) is 0.435. The fourth-order valence-electron chi connectivity index (χ4n) is 0.951. The normalized spacial score (nSPS) is 8.93. The van der Waals surface area contributed by atoms with Crippen LogP contribution in [0.1, 0.15) is 68.2 Å². The monoisotopic (exact) mass is 766 g/mol. The largest absolute Gasteiger partial charge is 0.372 e. The van der Waals surface area contributed by atoms with Crippen LogP contribution in [0.4, 0.5) is 0 Å². The Balaban J connectivity index is -0.0000000141. The van der Waals surface area contributed by atoms with Crippen LogP contribution in [0.2, 0.25) is 0 Å². The van der Waals surface area contributed by atoms with Crippen molar-refractivity contribution < 1.29 is 164 Å². The number of rotatable bonds is 0. The zero-order valence-electron chi connectivity index (χ0n) is 19.2. The SMILES string of the molecule is C.C1=CCC=C1.C=C1C=CC=CC1.CC.CC.CC.[CH2-]C[CH2-].[CH3-].[Y].[Y].[Y].[Y].[Y]. The third-order valence-electron chi connectivity index (χ3n) is 1.61. The second kappa shape index (κ2) is 85.9. The summed E-state index contributed by atoms with van der Waals surface area (Å²) in [6.07, 6.45) is 19.4. The van der Waals surface area contributed by atoms with Crippen molar-refractivity contribution >= 4 is 0 Å². The Morgan fingerprint density at radius 1 is 0.714 bits per heavy atom. The summed E-state index contributed by atoms with van der Waals surface area (Å²) in [4.78, 5) is 0. The Kier molecular flexibility index (Phi) is 214. The summed E-state index contributed by atoms with van der Waals surface area (Å²) in [5.74, 6) is 0. The number of allylic oxidation sites excluding steroid dienone is 9. The molecular formula is C23H45Y5-3. The third kappa shape index (κ3) is 87.0. The Morgan fingerprint density at radius 2 is 1.00 bits per heavy atom. The fourth-order valence-corrected chi connectivity index (χ4v) is 0.951. The Labute approximate surface area is 307 Å². The van der Waals surface area contributed by atoms with Crippen molar-refractivity contribution in [2.45, 2.75) is 68.2 Å². The van der Waals surface area contributed by atoms with Crippen molar-refractivity contribution in [3.8, 4) is 0 Å². The van der Waals surface area contributed by atoms with Crippen LogP contribution >= 0.6 is 0 Å². The summed E-state index contributed by atoms with van der Waals surface area (Å²) >= 11 is 0. The minimum atomic E-state index is 0. The van der Waals surface area contributed by atoms with Gasteiger partial charge >= 0.3 is 0 Å². The summed E-state index contributed by atoms with van der Waals surface area (Å²) in [7, 11) is 0. The van der Waals surface area contributed by atoms with Crippen molar-refractivity contribution in [2.75, 3.05) is 0 Å². The van der Waals surface area contributed by atoms with Gasteiger partial charge in [-0.2, -0.15) is 0 Å². The third-order valence-corrected chi connectivity index (χ3v) is 1.61.